The normalized spacial score (nSPS) is 10.5. The minimum absolute atomic E-state index is 0.474. The number of thiazole rings is 1. The van der Waals surface area contributed by atoms with Gasteiger partial charge in [0.25, 0.3) is 0 Å². The van der Waals surface area contributed by atoms with Crippen LogP contribution in [0.15, 0.2) is 27.0 Å². The van der Waals surface area contributed by atoms with E-state index in [-0.39, 0.29) is 0 Å². The van der Waals surface area contributed by atoms with Crippen molar-refractivity contribution in [3.63, 3.8) is 0 Å². The molecule has 0 radical (unpaired) electrons. The fraction of sp³-hybridized carbons (Fsp3) is 0.222. The van der Waals surface area contributed by atoms with Crippen molar-refractivity contribution in [2.24, 2.45) is 5.73 Å². The summed E-state index contributed by atoms with van der Waals surface area (Å²) < 4.78 is 0.975. The van der Waals surface area contributed by atoms with E-state index >= 15 is 0 Å². The van der Waals surface area contributed by atoms with Crippen molar-refractivity contribution in [3.8, 4) is 0 Å². The molecule has 0 aromatic carbocycles. The first kappa shape index (κ1) is 10.5. The number of aryl methyl sites for hydroxylation is 1. The standard InChI is InChI=1S/C9H10N4S2/c1-6-5-14-9(12-6)15-8-7(4-10)2-3-11-13-8/h2-3,5H,4,10H2,1H3. The van der Waals surface area contributed by atoms with Crippen LogP contribution in [-0.2, 0) is 6.54 Å². The van der Waals surface area contributed by atoms with Gasteiger partial charge >= 0.3 is 0 Å². The molecule has 0 atom stereocenters. The Morgan fingerprint density at radius 2 is 2.40 bits per heavy atom. The largest absolute Gasteiger partial charge is 0.326 e. The lowest BCUT2D eigenvalue weighted by Gasteiger charge is -2.01. The number of nitrogens with zero attached hydrogens (tertiary/aromatic N) is 3. The molecule has 6 heteroatoms. The van der Waals surface area contributed by atoms with Crippen LogP contribution in [0.25, 0.3) is 0 Å². The first-order valence-corrected chi connectivity index (χ1v) is 6.10. The van der Waals surface area contributed by atoms with Gasteiger partial charge in [-0.25, -0.2) is 4.98 Å². The van der Waals surface area contributed by atoms with E-state index in [1.165, 1.54) is 11.8 Å². The van der Waals surface area contributed by atoms with Crippen molar-refractivity contribution in [1.29, 1.82) is 0 Å². The summed E-state index contributed by atoms with van der Waals surface area (Å²) in [4.78, 5) is 4.35. The maximum absolute atomic E-state index is 5.61. The van der Waals surface area contributed by atoms with Crippen LogP contribution >= 0.6 is 23.1 Å². The fourth-order valence-electron chi connectivity index (χ4n) is 1.05. The molecular formula is C9H10N4S2. The topological polar surface area (TPSA) is 64.7 Å². The molecule has 0 fully saturated rings. The Balaban J connectivity index is 2.23. The zero-order chi connectivity index (χ0) is 10.7. The third kappa shape index (κ3) is 2.53. The van der Waals surface area contributed by atoms with Gasteiger partial charge in [-0.3, -0.25) is 0 Å². The number of hydrogen-bond acceptors (Lipinski definition) is 6. The molecule has 2 N–H and O–H groups in total. The summed E-state index contributed by atoms with van der Waals surface area (Å²) >= 11 is 3.12. The van der Waals surface area contributed by atoms with Gasteiger partial charge in [-0.1, -0.05) is 0 Å². The summed E-state index contributed by atoms with van der Waals surface area (Å²) in [6, 6.07) is 1.88. The second-order valence-electron chi connectivity index (χ2n) is 2.92. The monoisotopic (exact) mass is 238 g/mol. The van der Waals surface area contributed by atoms with Gasteiger partial charge in [0, 0.05) is 29.4 Å². The van der Waals surface area contributed by atoms with E-state index in [9.17, 15) is 0 Å². The van der Waals surface area contributed by atoms with Gasteiger partial charge in [0.1, 0.15) is 5.03 Å². The molecule has 2 rings (SSSR count). The van der Waals surface area contributed by atoms with Crippen LogP contribution in [-0.4, -0.2) is 15.2 Å². The molecule has 2 heterocycles. The summed E-state index contributed by atoms with van der Waals surface area (Å²) in [5.41, 5.74) is 7.64. The second kappa shape index (κ2) is 4.69. The molecule has 2 aromatic heterocycles. The summed E-state index contributed by atoms with van der Waals surface area (Å²) in [5, 5.41) is 10.8. The zero-order valence-electron chi connectivity index (χ0n) is 8.17. The van der Waals surface area contributed by atoms with Crippen LogP contribution in [0.1, 0.15) is 11.3 Å². The average molecular weight is 238 g/mol. The van der Waals surface area contributed by atoms with E-state index in [4.69, 9.17) is 5.73 Å². The summed E-state index contributed by atoms with van der Waals surface area (Å²) in [7, 11) is 0. The van der Waals surface area contributed by atoms with Crippen LogP contribution in [0.5, 0.6) is 0 Å². The van der Waals surface area contributed by atoms with Crippen molar-refractivity contribution >= 4 is 23.1 Å². The number of aromatic nitrogens is 3. The predicted molar refractivity (Wildman–Crippen MR) is 60.9 cm³/mol. The number of nitrogens with two attached hydrogens (primary N) is 1. The molecule has 78 valence electrons. The van der Waals surface area contributed by atoms with Crippen molar-refractivity contribution in [3.05, 3.63) is 28.9 Å². The Morgan fingerprint density at radius 1 is 1.53 bits per heavy atom. The Hall–Kier alpha value is -0.980. The van der Waals surface area contributed by atoms with Gasteiger partial charge in [0.05, 0.1) is 0 Å². The lowest BCUT2D eigenvalue weighted by atomic mass is 10.3. The second-order valence-corrected chi connectivity index (χ2v) is 5.02. The highest BCUT2D eigenvalue weighted by atomic mass is 32.2. The molecule has 0 aliphatic rings. The quantitative estimate of drug-likeness (QED) is 0.884. The predicted octanol–water partition coefficient (Wildman–Crippen LogP) is 1.85. The SMILES string of the molecule is Cc1csc(Sc2nnccc2CN)n1. The average Bonchev–Trinajstić information content (AvgIpc) is 2.65. The van der Waals surface area contributed by atoms with Crippen molar-refractivity contribution in [2.45, 2.75) is 22.8 Å². The molecule has 0 aliphatic heterocycles. The maximum atomic E-state index is 5.61. The molecule has 15 heavy (non-hydrogen) atoms. The summed E-state index contributed by atoms with van der Waals surface area (Å²) in [6.07, 6.45) is 1.65. The third-order valence-corrected chi connectivity index (χ3v) is 3.86. The van der Waals surface area contributed by atoms with E-state index < -0.39 is 0 Å². The Labute approximate surface area is 95.9 Å². The molecule has 0 spiro atoms. The van der Waals surface area contributed by atoms with Crippen LogP contribution in [0.3, 0.4) is 0 Å². The first-order valence-electron chi connectivity index (χ1n) is 4.40. The molecule has 0 amide bonds. The summed E-state index contributed by atoms with van der Waals surface area (Å²) in [6.45, 7) is 2.45. The molecule has 0 bridgehead atoms. The third-order valence-electron chi connectivity index (χ3n) is 1.77. The van der Waals surface area contributed by atoms with Crippen LogP contribution in [0.2, 0.25) is 0 Å². The molecule has 2 aromatic rings. The first-order chi connectivity index (χ1) is 7.29. The fourth-order valence-corrected chi connectivity index (χ4v) is 2.87. The number of rotatable bonds is 3. The van der Waals surface area contributed by atoms with E-state index in [0.717, 1.165) is 20.6 Å². The lowest BCUT2D eigenvalue weighted by molar-refractivity contribution is 0.866. The molecular weight excluding hydrogens is 228 g/mol. The van der Waals surface area contributed by atoms with E-state index in [0.29, 0.717) is 6.54 Å². The van der Waals surface area contributed by atoms with Crippen LogP contribution in [0, 0.1) is 6.92 Å². The van der Waals surface area contributed by atoms with Crippen molar-refractivity contribution in [1.82, 2.24) is 15.2 Å². The minimum atomic E-state index is 0.474. The van der Waals surface area contributed by atoms with Gasteiger partial charge in [0.15, 0.2) is 4.34 Å². The highest BCUT2D eigenvalue weighted by molar-refractivity contribution is 8.01. The van der Waals surface area contributed by atoms with E-state index in [1.54, 1.807) is 17.5 Å². The van der Waals surface area contributed by atoms with E-state index in [2.05, 4.69) is 15.2 Å². The Bertz CT molecular complexity index is 455. The van der Waals surface area contributed by atoms with Gasteiger partial charge < -0.3 is 5.73 Å². The van der Waals surface area contributed by atoms with Gasteiger partial charge in [-0.15, -0.1) is 16.4 Å². The minimum Gasteiger partial charge on any atom is -0.326 e. The molecule has 0 saturated heterocycles. The van der Waals surface area contributed by atoms with E-state index in [1.807, 2.05) is 18.4 Å². The van der Waals surface area contributed by atoms with Crippen molar-refractivity contribution in [2.75, 3.05) is 0 Å². The van der Waals surface area contributed by atoms with Gasteiger partial charge in [0.2, 0.25) is 0 Å². The van der Waals surface area contributed by atoms with Gasteiger partial charge in [-0.2, -0.15) is 5.10 Å². The smallest absolute Gasteiger partial charge is 0.156 e. The summed E-state index contributed by atoms with van der Waals surface area (Å²) in [5.74, 6) is 0. The lowest BCUT2D eigenvalue weighted by Crippen LogP contribution is -2.00. The molecule has 0 saturated carbocycles. The molecule has 0 unspecified atom stereocenters. The highest BCUT2D eigenvalue weighted by Gasteiger charge is 2.07. The molecule has 0 aliphatic carbocycles. The van der Waals surface area contributed by atoms with Crippen molar-refractivity contribution < 1.29 is 0 Å². The highest BCUT2D eigenvalue weighted by Crippen LogP contribution is 2.30. The Kier molecular flexibility index (Phi) is 3.30. The van der Waals surface area contributed by atoms with Crippen LogP contribution < -0.4 is 5.73 Å². The zero-order valence-corrected chi connectivity index (χ0v) is 9.81. The van der Waals surface area contributed by atoms with Crippen LogP contribution in [0.4, 0.5) is 0 Å². The number of hydrogen-bond donors (Lipinski definition) is 1. The maximum Gasteiger partial charge on any atom is 0.156 e. The van der Waals surface area contributed by atoms with Gasteiger partial charge in [-0.05, 0) is 24.8 Å². The Morgan fingerprint density at radius 3 is 3.07 bits per heavy atom. The molecule has 4 nitrogen and oxygen atoms in total.